The number of ether oxygens (including phenoxy) is 1. The molecule has 0 bridgehead atoms. The van der Waals surface area contributed by atoms with E-state index >= 15 is 0 Å². The standard InChI is InChI=1S/C29H32F3N3O5S/c1-19(2)16-26(28(37)33-18-29(30,31)32)35-27(36)25-11-7-6-10-24(25)23-9-5-4-8-20(23)17-34-41(38,39)22-14-12-21(40-3)13-15-22/h4-15,19,26,34H,16-18H2,1-3H3,(H,33,37)(H,35,36)/t26-/m0/s1. The minimum absolute atomic E-state index is 0.0514. The zero-order valence-electron chi connectivity index (χ0n) is 22.8. The number of nitrogens with one attached hydrogen (secondary N) is 3. The molecule has 3 rings (SSSR count). The fraction of sp³-hybridized carbons (Fsp3) is 0.310. The third-order valence-electron chi connectivity index (χ3n) is 6.09. The van der Waals surface area contributed by atoms with Crippen LogP contribution in [-0.2, 0) is 21.4 Å². The molecule has 0 aromatic heterocycles. The lowest BCUT2D eigenvalue weighted by atomic mass is 9.94. The molecule has 3 aromatic rings. The average molecular weight is 592 g/mol. The number of rotatable bonds is 12. The number of hydrogen-bond donors (Lipinski definition) is 3. The number of methoxy groups -OCH3 is 1. The highest BCUT2D eigenvalue weighted by atomic mass is 32.2. The second-order valence-electron chi connectivity index (χ2n) is 9.69. The molecule has 0 aliphatic rings. The van der Waals surface area contributed by atoms with Crippen molar-refractivity contribution >= 4 is 21.8 Å². The lowest BCUT2D eigenvalue weighted by molar-refractivity contribution is -0.139. The Morgan fingerprint density at radius 2 is 1.51 bits per heavy atom. The van der Waals surface area contributed by atoms with Gasteiger partial charge in [0.05, 0.1) is 12.0 Å². The van der Waals surface area contributed by atoms with E-state index in [0.29, 0.717) is 22.4 Å². The summed E-state index contributed by atoms with van der Waals surface area (Å²) in [5.41, 5.74) is 1.78. The van der Waals surface area contributed by atoms with Gasteiger partial charge in [0, 0.05) is 12.1 Å². The fourth-order valence-electron chi connectivity index (χ4n) is 4.11. The monoisotopic (exact) mass is 591 g/mol. The number of sulfonamides is 1. The van der Waals surface area contributed by atoms with Crippen molar-refractivity contribution in [2.24, 2.45) is 5.92 Å². The van der Waals surface area contributed by atoms with Crippen LogP contribution in [0.3, 0.4) is 0 Å². The topological polar surface area (TPSA) is 114 Å². The molecule has 0 spiro atoms. The number of alkyl halides is 3. The van der Waals surface area contributed by atoms with E-state index in [1.807, 2.05) is 5.32 Å². The van der Waals surface area contributed by atoms with Gasteiger partial charge in [-0.3, -0.25) is 9.59 Å². The molecule has 0 aliphatic carbocycles. The Morgan fingerprint density at radius 3 is 2.12 bits per heavy atom. The zero-order valence-corrected chi connectivity index (χ0v) is 23.6. The Hall–Kier alpha value is -3.90. The van der Waals surface area contributed by atoms with Gasteiger partial charge in [-0.25, -0.2) is 13.1 Å². The lowest BCUT2D eigenvalue weighted by Gasteiger charge is -2.22. The first kappa shape index (κ1) is 31.6. The Labute approximate surface area is 237 Å². The Balaban J connectivity index is 1.85. The van der Waals surface area contributed by atoms with Crippen LogP contribution in [0.4, 0.5) is 13.2 Å². The Morgan fingerprint density at radius 1 is 0.902 bits per heavy atom. The van der Waals surface area contributed by atoms with E-state index < -0.39 is 40.6 Å². The van der Waals surface area contributed by atoms with Crippen LogP contribution in [0, 0.1) is 5.92 Å². The van der Waals surface area contributed by atoms with Crippen molar-refractivity contribution < 1.29 is 35.9 Å². The molecule has 2 amide bonds. The number of carbonyl (C=O) groups excluding carboxylic acids is 2. The molecule has 0 heterocycles. The molecule has 0 radical (unpaired) electrons. The van der Waals surface area contributed by atoms with E-state index in [2.05, 4.69) is 10.0 Å². The van der Waals surface area contributed by atoms with Crippen molar-refractivity contribution in [1.82, 2.24) is 15.4 Å². The van der Waals surface area contributed by atoms with Gasteiger partial charge in [0.25, 0.3) is 5.91 Å². The quantitative estimate of drug-likeness (QED) is 0.284. The molecule has 0 aliphatic heterocycles. The molecule has 0 fully saturated rings. The molecule has 3 N–H and O–H groups in total. The van der Waals surface area contributed by atoms with Gasteiger partial charge in [-0.15, -0.1) is 0 Å². The lowest BCUT2D eigenvalue weighted by Crippen LogP contribution is -2.49. The maximum Gasteiger partial charge on any atom is 0.405 e. The van der Waals surface area contributed by atoms with Crippen molar-refractivity contribution in [3.8, 4) is 16.9 Å². The third-order valence-corrected chi connectivity index (χ3v) is 7.51. The fourth-order valence-corrected chi connectivity index (χ4v) is 5.12. The minimum atomic E-state index is -4.59. The van der Waals surface area contributed by atoms with Gasteiger partial charge in [-0.1, -0.05) is 56.3 Å². The molecule has 8 nitrogen and oxygen atoms in total. The zero-order chi connectivity index (χ0) is 30.2. The van der Waals surface area contributed by atoms with E-state index in [4.69, 9.17) is 4.74 Å². The normalized spacial score (nSPS) is 12.6. The number of amides is 2. The summed E-state index contributed by atoms with van der Waals surface area (Å²) in [7, 11) is -2.40. The number of benzene rings is 3. The maximum atomic E-state index is 13.4. The van der Waals surface area contributed by atoms with Gasteiger partial charge in [-0.2, -0.15) is 13.2 Å². The molecule has 0 saturated carbocycles. The van der Waals surface area contributed by atoms with E-state index in [1.54, 1.807) is 56.3 Å². The summed E-state index contributed by atoms with van der Waals surface area (Å²) in [4.78, 5) is 26.0. The van der Waals surface area contributed by atoms with Crippen molar-refractivity contribution in [2.75, 3.05) is 13.7 Å². The second kappa shape index (κ2) is 13.6. The van der Waals surface area contributed by atoms with Crippen LogP contribution in [0.5, 0.6) is 5.75 Å². The summed E-state index contributed by atoms with van der Waals surface area (Å²) >= 11 is 0. The Bertz CT molecular complexity index is 1460. The smallest absolute Gasteiger partial charge is 0.405 e. The highest BCUT2D eigenvalue weighted by molar-refractivity contribution is 7.89. The molecular weight excluding hydrogens is 559 g/mol. The molecule has 220 valence electrons. The van der Waals surface area contributed by atoms with Crippen LogP contribution in [-0.4, -0.2) is 46.1 Å². The van der Waals surface area contributed by atoms with Crippen LogP contribution < -0.4 is 20.1 Å². The summed E-state index contributed by atoms with van der Waals surface area (Å²) in [6.07, 6.45) is -4.46. The second-order valence-corrected chi connectivity index (χ2v) is 11.5. The van der Waals surface area contributed by atoms with Crippen LogP contribution >= 0.6 is 0 Å². The van der Waals surface area contributed by atoms with Crippen molar-refractivity contribution in [1.29, 1.82) is 0 Å². The van der Waals surface area contributed by atoms with Crippen molar-refractivity contribution in [3.63, 3.8) is 0 Å². The first-order valence-corrected chi connectivity index (χ1v) is 14.3. The number of hydrogen-bond acceptors (Lipinski definition) is 5. The largest absolute Gasteiger partial charge is 0.497 e. The van der Waals surface area contributed by atoms with Gasteiger partial charge in [0.15, 0.2) is 0 Å². The number of carbonyl (C=O) groups is 2. The van der Waals surface area contributed by atoms with Crippen LogP contribution in [0.2, 0.25) is 0 Å². The summed E-state index contributed by atoms with van der Waals surface area (Å²) in [5, 5.41) is 4.42. The van der Waals surface area contributed by atoms with Crippen LogP contribution in [0.25, 0.3) is 11.1 Å². The first-order chi connectivity index (χ1) is 19.3. The maximum absolute atomic E-state index is 13.4. The molecule has 0 unspecified atom stereocenters. The van der Waals surface area contributed by atoms with Crippen molar-refractivity contribution in [3.05, 3.63) is 83.9 Å². The SMILES string of the molecule is COc1ccc(S(=O)(=O)NCc2ccccc2-c2ccccc2C(=O)N[C@@H](CC(C)C)C(=O)NCC(F)(F)F)cc1. The Kier molecular flexibility index (Phi) is 10.5. The predicted molar refractivity (Wildman–Crippen MR) is 149 cm³/mol. The van der Waals surface area contributed by atoms with Gasteiger partial charge in [-0.05, 0) is 59.4 Å². The van der Waals surface area contributed by atoms with E-state index in [-0.39, 0.29) is 29.3 Å². The van der Waals surface area contributed by atoms with E-state index in [9.17, 15) is 31.2 Å². The summed E-state index contributed by atoms with van der Waals surface area (Å²) in [6, 6.07) is 18.2. The van der Waals surface area contributed by atoms with Gasteiger partial charge >= 0.3 is 6.18 Å². The predicted octanol–water partition coefficient (Wildman–Crippen LogP) is 4.66. The molecular formula is C29H32F3N3O5S. The average Bonchev–Trinajstić information content (AvgIpc) is 2.94. The first-order valence-electron chi connectivity index (χ1n) is 12.8. The van der Waals surface area contributed by atoms with Gasteiger partial charge in [0.1, 0.15) is 18.3 Å². The molecule has 1 atom stereocenters. The summed E-state index contributed by atoms with van der Waals surface area (Å²) in [6.45, 7) is 1.98. The van der Waals surface area contributed by atoms with Crippen LogP contribution in [0.15, 0.2) is 77.7 Å². The number of halogens is 3. The van der Waals surface area contributed by atoms with Crippen molar-refractivity contribution in [2.45, 2.75) is 43.9 Å². The molecule has 0 saturated heterocycles. The van der Waals surface area contributed by atoms with Crippen LogP contribution in [0.1, 0.15) is 36.2 Å². The minimum Gasteiger partial charge on any atom is -0.497 e. The molecule has 12 heteroatoms. The highest BCUT2D eigenvalue weighted by Gasteiger charge is 2.31. The third kappa shape index (κ3) is 9.05. The molecule has 3 aromatic carbocycles. The van der Waals surface area contributed by atoms with Gasteiger partial charge in [0.2, 0.25) is 15.9 Å². The molecule has 41 heavy (non-hydrogen) atoms. The van der Waals surface area contributed by atoms with E-state index in [1.165, 1.54) is 37.4 Å². The summed E-state index contributed by atoms with van der Waals surface area (Å²) in [5.74, 6) is -1.17. The van der Waals surface area contributed by atoms with E-state index in [0.717, 1.165) is 0 Å². The highest BCUT2D eigenvalue weighted by Crippen LogP contribution is 2.28. The van der Waals surface area contributed by atoms with Gasteiger partial charge < -0.3 is 15.4 Å². The summed E-state index contributed by atoms with van der Waals surface area (Å²) < 4.78 is 71.4.